The van der Waals surface area contributed by atoms with E-state index in [0.717, 1.165) is 16.9 Å². The first-order chi connectivity index (χ1) is 6.75. The third-order valence-electron chi connectivity index (χ3n) is 2.87. The van der Waals surface area contributed by atoms with Gasteiger partial charge in [0.05, 0.1) is 11.4 Å². The lowest BCUT2D eigenvalue weighted by molar-refractivity contribution is 0.974. The summed E-state index contributed by atoms with van der Waals surface area (Å²) in [6.07, 6.45) is 4.54. The van der Waals surface area contributed by atoms with Gasteiger partial charge in [-0.2, -0.15) is 0 Å². The van der Waals surface area contributed by atoms with Crippen LogP contribution in [0, 0.1) is 13.8 Å². The molecule has 2 heterocycles. The van der Waals surface area contributed by atoms with Crippen LogP contribution in [-0.2, 0) is 0 Å². The van der Waals surface area contributed by atoms with Gasteiger partial charge in [-0.1, -0.05) is 0 Å². The van der Waals surface area contributed by atoms with E-state index in [4.69, 9.17) is 4.98 Å². The molecule has 0 amide bonds. The van der Waals surface area contributed by atoms with Gasteiger partial charge in [0.2, 0.25) is 0 Å². The second-order valence-corrected chi connectivity index (χ2v) is 4.14. The molecule has 2 aromatic rings. The molecule has 1 saturated carbocycles. The maximum atomic E-state index is 4.70. The number of fused-ring (bicyclic) bond motifs is 1. The molecule has 3 nitrogen and oxygen atoms in total. The number of hydrogen-bond acceptors (Lipinski definition) is 2. The third-order valence-corrected chi connectivity index (χ3v) is 2.87. The molecule has 0 saturated heterocycles. The highest BCUT2D eigenvalue weighted by Gasteiger charge is 2.27. The fraction of sp³-hybridized carbons (Fsp3) is 0.455. The standard InChI is InChI=1S/C11H13N3/c1-6-5-12-11-9(6)14-10(7(2)13-11)8-3-4-8/h5,8H,3-4H2,1-2H3,(H,12,13). The Hall–Kier alpha value is -1.38. The Morgan fingerprint density at radius 2 is 2.07 bits per heavy atom. The highest BCUT2D eigenvalue weighted by molar-refractivity contribution is 5.75. The van der Waals surface area contributed by atoms with Crippen molar-refractivity contribution in [3.63, 3.8) is 0 Å². The van der Waals surface area contributed by atoms with Crippen molar-refractivity contribution in [3.05, 3.63) is 23.1 Å². The van der Waals surface area contributed by atoms with Crippen molar-refractivity contribution in [2.45, 2.75) is 32.6 Å². The Kier molecular flexibility index (Phi) is 1.46. The van der Waals surface area contributed by atoms with Crippen molar-refractivity contribution in [2.24, 2.45) is 0 Å². The van der Waals surface area contributed by atoms with Crippen LogP contribution in [0.1, 0.15) is 35.7 Å². The lowest BCUT2D eigenvalue weighted by atomic mass is 10.2. The quantitative estimate of drug-likeness (QED) is 0.745. The molecule has 0 bridgehead atoms. The molecule has 0 aliphatic heterocycles. The molecule has 14 heavy (non-hydrogen) atoms. The Bertz CT molecular complexity index is 494. The van der Waals surface area contributed by atoms with Gasteiger partial charge in [-0.05, 0) is 32.3 Å². The summed E-state index contributed by atoms with van der Waals surface area (Å²) in [6.45, 7) is 4.12. The minimum Gasteiger partial charge on any atom is -0.345 e. The number of aryl methyl sites for hydroxylation is 2. The van der Waals surface area contributed by atoms with E-state index in [-0.39, 0.29) is 0 Å². The number of rotatable bonds is 1. The zero-order chi connectivity index (χ0) is 9.71. The van der Waals surface area contributed by atoms with E-state index in [2.05, 4.69) is 23.8 Å². The highest BCUT2D eigenvalue weighted by atomic mass is 14.9. The summed E-state index contributed by atoms with van der Waals surface area (Å²) in [7, 11) is 0. The van der Waals surface area contributed by atoms with Gasteiger partial charge in [-0.15, -0.1) is 0 Å². The number of aromatic amines is 1. The number of hydrogen-bond donors (Lipinski definition) is 1. The van der Waals surface area contributed by atoms with Crippen LogP contribution >= 0.6 is 0 Å². The summed E-state index contributed by atoms with van der Waals surface area (Å²) in [5.74, 6) is 0.682. The molecule has 0 unspecified atom stereocenters. The molecule has 0 atom stereocenters. The first-order valence-corrected chi connectivity index (χ1v) is 5.08. The van der Waals surface area contributed by atoms with Gasteiger partial charge in [-0.3, -0.25) is 0 Å². The fourth-order valence-electron chi connectivity index (χ4n) is 1.90. The number of H-pyrrole nitrogens is 1. The molecule has 1 aliphatic carbocycles. The van der Waals surface area contributed by atoms with E-state index < -0.39 is 0 Å². The van der Waals surface area contributed by atoms with Crippen LogP contribution in [0.5, 0.6) is 0 Å². The van der Waals surface area contributed by atoms with Crippen LogP contribution in [0.4, 0.5) is 0 Å². The van der Waals surface area contributed by atoms with E-state index in [0.29, 0.717) is 5.92 Å². The summed E-state index contributed by atoms with van der Waals surface area (Å²) in [6, 6.07) is 0. The van der Waals surface area contributed by atoms with E-state index in [9.17, 15) is 0 Å². The van der Waals surface area contributed by atoms with Crippen LogP contribution in [0.25, 0.3) is 11.2 Å². The van der Waals surface area contributed by atoms with Crippen molar-refractivity contribution in [1.29, 1.82) is 0 Å². The summed E-state index contributed by atoms with van der Waals surface area (Å²) >= 11 is 0. The van der Waals surface area contributed by atoms with Gasteiger partial charge in [0, 0.05) is 12.1 Å². The average Bonchev–Trinajstić information content (AvgIpc) is 2.93. The van der Waals surface area contributed by atoms with Crippen molar-refractivity contribution in [3.8, 4) is 0 Å². The van der Waals surface area contributed by atoms with Crippen LogP contribution in [0.2, 0.25) is 0 Å². The van der Waals surface area contributed by atoms with Gasteiger partial charge in [0.15, 0.2) is 5.65 Å². The lowest BCUT2D eigenvalue weighted by Crippen LogP contribution is -1.96. The first kappa shape index (κ1) is 7.97. The Morgan fingerprint density at radius 3 is 2.79 bits per heavy atom. The predicted molar refractivity (Wildman–Crippen MR) is 55.3 cm³/mol. The topological polar surface area (TPSA) is 41.6 Å². The second kappa shape index (κ2) is 2.56. The second-order valence-electron chi connectivity index (χ2n) is 4.14. The fourth-order valence-corrected chi connectivity index (χ4v) is 1.90. The zero-order valence-corrected chi connectivity index (χ0v) is 8.46. The number of aromatic nitrogens is 3. The van der Waals surface area contributed by atoms with Crippen molar-refractivity contribution >= 4 is 11.2 Å². The molecular weight excluding hydrogens is 174 g/mol. The highest BCUT2D eigenvalue weighted by Crippen LogP contribution is 2.40. The molecule has 0 radical (unpaired) electrons. The molecule has 0 aromatic carbocycles. The molecule has 72 valence electrons. The van der Waals surface area contributed by atoms with E-state index in [1.54, 1.807) is 0 Å². The first-order valence-electron chi connectivity index (χ1n) is 5.08. The van der Waals surface area contributed by atoms with Crippen molar-refractivity contribution < 1.29 is 0 Å². The average molecular weight is 187 g/mol. The Morgan fingerprint density at radius 1 is 1.29 bits per heavy atom. The molecule has 3 rings (SSSR count). The monoisotopic (exact) mass is 187 g/mol. The molecule has 1 N–H and O–H groups in total. The molecule has 3 heteroatoms. The lowest BCUT2D eigenvalue weighted by Gasteiger charge is -2.02. The zero-order valence-electron chi connectivity index (χ0n) is 8.46. The minimum atomic E-state index is 0.682. The SMILES string of the molecule is Cc1nc2[nH]cc(C)c2nc1C1CC1. The van der Waals surface area contributed by atoms with Crippen molar-refractivity contribution in [2.75, 3.05) is 0 Å². The smallest absolute Gasteiger partial charge is 0.156 e. The van der Waals surface area contributed by atoms with Gasteiger partial charge in [-0.25, -0.2) is 9.97 Å². The summed E-state index contributed by atoms with van der Waals surface area (Å²) < 4.78 is 0. The number of nitrogens with zero attached hydrogens (tertiary/aromatic N) is 2. The van der Waals surface area contributed by atoms with Gasteiger partial charge in [0.1, 0.15) is 5.52 Å². The molecule has 1 fully saturated rings. The molecule has 0 spiro atoms. The van der Waals surface area contributed by atoms with Gasteiger partial charge >= 0.3 is 0 Å². The normalized spacial score (nSPS) is 16.4. The Labute approximate surface area is 82.6 Å². The van der Waals surface area contributed by atoms with Crippen molar-refractivity contribution in [1.82, 2.24) is 15.0 Å². The van der Waals surface area contributed by atoms with E-state index in [1.165, 1.54) is 24.1 Å². The van der Waals surface area contributed by atoms with E-state index >= 15 is 0 Å². The maximum Gasteiger partial charge on any atom is 0.156 e. The predicted octanol–water partition coefficient (Wildman–Crippen LogP) is 2.45. The van der Waals surface area contributed by atoms with E-state index in [1.807, 2.05) is 6.20 Å². The summed E-state index contributed by atoms with van der Waals surface area (Å²) in [5.41, 5.74) is 5.44. The Balaban J connectivity index is 2.29. The largest absolute Gasteiger partial charge is 0.345 e. The summed E-state index contributed by atoms with van der Waals surface area (Å²) in [5, 5.41) is 0. The maximum absolute atomic E-state index is 4.70. The molecular formula is C11H13N3. The number of nitrogens with one attached hydrogen (secondary N) is 1. The molecule has 1 aliphatic rings. The van der Waals surface area contributed by atoms with Gasteiger partial charge in [0.25, 0.3) is 0 Å². The van der Waals surface area contributed by atoms with Crippen LogP contribution in [-0.4, -0.2) is 15.0 Å². The van der Waals surface area contributed by atoms with Gasteiger partial charge < -0.3 is 4.98 Å². The van der Waals surface area contributed by atoms with Crippen LogP contribution in [0.15, 0.2) is 6.20 Å². The van der Waals surface area contributed by atoms with Crippen LogP contribution in [0.3, 0.4) is 0 Å². The molecule has 2 aromatic heterocycles. The summed E-state index contributed by atoms with van der Waals surface area (Å²) in [4.78, 5) is 12.4. The minimum absolute atomic E-state index is 0.682. The third kappa shape index (κ3) is 1.05. The van der Waals surface area contributed by atoms with Crippen LogP contribution < -0.4 is 0 Å².